The van der Waals surface area contributed by atoms with E-state index in [0.29, 0.717) is 6.54 Å². The highest BCUT2D eigenvalue weighted by Crippen LogP contribution is 2.26. The normalized spacial score (nSPS) is 23.4. The predicted molar refractivity (Wildman–Crippen MR) is 89.4 cm³/mol. The summed E-state index contributed by atoms with van der Waals surface area (Å²) in [6, 6.07) is -0.690. The van der Waals surface area contributed by atoms with E-state index in [9.17, 15) is 9.59 Å². The molecule has 1 rings (SSSR count). The minimum absolute atomic E-state index is 0.0134. The maximum atomic E-state index is 12.8. The molecule has 122 valence electrons. The van der Waals surface area contributed by atoms with E-state index in [4.69, 9.17) is 0 Å². The van der Waals surface area contributed by atoms with Crippen molar-refractivity contribution in [3.63, 3.8) is 0 Å². The van der Waals surface area contributed by atoms with Crippen LogP contribution in [-0.2, 0) is 9.59 Å². The number of hydrogen-bond acceptors (Lipinski definition) is 3. The smallest absolute Gasteiger partial charge is 0.246 e. The molecule has 4 nitrogen and oxygen atoms in total. The summed E-state index contributed by atoms with van der Waals surface area (Å²) in [4.78, 5) is 27.0. The first-order chi connectivity index (χ1) is 9.82. The molecule has 0 aliphatic carbocycles. The van der Waals surface area contributed by atoms with E-state index in [1.165, 1.54) is 0 Å². The van der Waals surface area contributed by atoms with Gasteiger partial charge in [-0.3, -0.25) is 9.59 Å². The second-order valence-corrected chi connectivity index (χ2v) is 8.09. The molecular weight excluding hydrogens is 284 g/mol. The third-order valence-electron chi connectivity index (χ3n) is 3.82. The van der Waals surface area contributed by atoms with Crippen molar-refractivity contribution >= 4 is 23.6 Å². The monoisotopic (exact) mass is 314 g/mol. The molecule has 21 heavy (non-hydrogen) atoms. The SMILES string of the molecule is CCCC1C(=O)NC(C(C)(C)C)C(=O)N1CCCSCC. The number of thioether (sulfide) groups is 1. The number of amides is 2. The summed E-state index contributed by atoms with van der Waals surface area (Å²) >= 11 is 1.88. The molecule has 0 saturated carbocycles. The van der Waals surface area contributed by atoms with Gasteiger partial charge in [-0.1, -0.05) is 41.0 Å². The Kier molecular flexibility index (Phi) is 7.04. The van der Waals surface area contributed by atoms with E-state index >= 15 is 0 Å². The number of carbonyl (C=O) groups is 2. The maximum Gasteiger partial charge on any atom is 0.246 e. The van der Waals surface area contributed by atoms with Gasteiger partial charge in [-0.15, -0.1) is 0 Å². The highest BCUT2D eigenvalue weighted by Gasteiger charge is 2.44. The highest BCUT2D eigenvalue weighted by molar-refractivity contribution is 7.99. The number of nitrogens with one attached hydrogen (secondary N) is 1. The molecule has 2 atom stereocenters. The Labute approximate surface area is 133 Å². The first-order valence-corrected chi connectivity index (χ1v) is 9.17. The van der Waals surface area contributed by atoms with E-state index in [2.05, 4.69) is 19.2 Å². The van der Waals surface area contributed by atoms with E-state index in [0.717, 1.165) is 30.8 Å². The number of hydrogen-bond donors (Lipinski definition) is 1. The number of rotatable bonds is 7. The number of carbonyl (C=O) groups excluding carboxylic acids is 2. The topological polar surface area (TPSA) is 49.4 Å². The average molecular weight is 314 g/mol. The second-order valence-electron chi connectivity index (χ2n) is 6.69. The van der Waals surface area contributed by atoms with Crippen LogP contribution in [0.1, 0.15) is 53.9 Å². The van der Waals surface area contributed by atoms with Gasteiger partial charge in [-0.05, 0) is 29.8 Å². The van der Waals surface area contributed by atoms with E-state index in [1.807, 2.05) is 37.4 Å². The van der Waals surface area contributed by atoms with Crippen LogP contribution in [0.15, 0.2) is 0 Å². The Bertz CT molecular complexity index is 366. The lowest BCUT2D eigenvalue weighted by molar-refractivity contribution is -0.152. The largest absolute Gasteiger partial charge is 0.342 e. The minimum Gasteiger partial charge on any atom is -0.342 e. The zero-order valence-electron chi connectivity index (χ0n) is 14.1. The van der Waals surface area contributed by atoms with Crippen molar-refractivity contribution in [1.29, 1.82) is 0 Å². The lowest BCUT2D eigenvalue weighted by atomic mass is 9.83. The standard InChI is InChI=1S/C16H30N2O2S/c1-6-9-12-14(19)17-13(16(3,4)5)15(20)18(12)10-8-11-21-7-2/h12-13H,6-11H2,1-5H3,(H,17,19). The Morgan fingerprint density at radius 2 is 1.90 bits per heavy atom. The zero-order valence-corrected chi connectivity index (χ0v) is 14.9. The van der Waals surface area contributed by atoms with Crippen molar-refractivity contribution in [2.45, 2.75) is 66.0 Å². The molecule has 0 aromatic rings. The van der Waals surface area contributed by atoms with Crippen LogP contribution < -0.4 is 5.32 Å². The number of nitrogens with zero attached hydrogens (tertiary/aromatic N) is 1. The van der Waals surface area contributed by atoms with E-state index in [1.54, 1.807) is 0 Å². The molecule has 1 N–H and O–H groups in total. The van der Waals surface area contributed by atoms with Gasteiger partial charge >= 0.3 is 0 Å². The predicted octanol–water partition coefficient (Wildman–Crippen LogP) is 2.67. The molecule has 1 fully saturated rings. The average Bonchev–Trinajstić information content (AvgIpc) is 2.40. The van der Waals surface area contributed by atoms with Gasteiger partial charge in [0.05, 0.1) is 0 Å². The molecule has 1 heterocycles. The molecule has 0 radical (unpaired) electrons. The summed E-state index contributed by atoms with van der Waals surface area (Å²) in [5, 5.41) is 2.94. The third kappa shape index (κ3) is 4.90. The summed E-state index contributed by atoms with van der Waals surface area (Å²) in [6.45, 7) is 10.9. The highest BCUT2D eigenvalue weighted by atomic mass is 32.2. The first-order valence-electron chi connectivity index (χ1n) is 8.01. The molecule has 2 unspecified atom stereocenters. The molecule has 1 aliphatic rings. The Morgan fingerprint density at radius 1 is 1.24 bits per heavy atom. The second kappa shape index (κ2) is 8.06. The van der Waals surface area contributed by atoms with Crippen LogP contribution >= 0.6 is 11.8 Å². The van der Waals surface area contributed by atoms with Crippen LogP contribution in [0.5, 0.6) is 0 Å². The summed E-state index contributed by atoms with van der Waals surface area (Å²) in [6.07, 6.45) is 2.61. The van der Waals surface area contributed by atoms with E-state index in [-0.39, 0.29) is 23.3 Å². The van der Waals surface area contributed by atoms with E-state index < -0.39 is 6.04 Å². The van der Waals surface area contributed by atoms with Crippen LogP contribution in [0.4, 0.5) is 0 Å². The molecule has 1 aliphatic heterocycles. The third-order valence-corrected chi connectivity index (χ3v) is 4.80. The molecule has 2 amide bonds. The van der Waals surface area contributed by atoms with Crippen molar-refractivity contribution in [2.24, 2.45) is 5.41 Å². The summed E-state index contributed by atoms with van der Waals surface area (Å²) in [7, 11) is 0. The molecule has 5 heteroatoms. The van der Waals surface area contributed by atoms with Crippen LogP contribution in [0, 0.1) is 5.41 Å². The first kappa shape index (κ1) is 18.3. The van der Waals surface area contributed by atoms with Gasteiger partial charge in [0.15, 0.2) is 0 Å². The van der Waals surface area contributed by atoms with Crippen LogP contribution in [-0.4, -0.2) is 46.8 Å². The van der Waals surface area contributed by atoms with Gasteiger partial charge in [0.2, 0.25) is 11.8 Å². The molecule has 0 spiro atoms. The van der Waals surface area contributed by atoms with Crippen LogP contribution in [0.3, 0.4) is 0 Å². The summed E-state index contributed by atoms with van der Waals surface area (Å²) in [5.74, 6) is 2.24. The Morgan fingerprint density at radius 3 is 2.43 bits per heavy atom. The van der Waals surface area contributed by atoms with Gasteiger partial charge in [0.25, 0.3) is 0 Å². The molecule has 0 aromatic carbocycles. The van der Waals surface area contributed by atoms with Crippen molar-refractivity contribution in [1.82, 2.24) is 10.2 Å². The minimum atomic E-state index is -0.406. The zero-order chi connectivity index (χ0) is 16.0. The van der Waals surface area contributed by atoms with Crippen molar-refractivity contribution < 1.29 is 9.59 Å². The maximum absolute atomic E-state index is 12.8. The molecular formula is C16H30N2O2S. The fourth-order valence-electron chi connectivity index (χ4n) is 2.66. The summed E-state index contributed by atoms with van der Waals surface area (Å²) < 4.78 is 0. The van der Waals surface area contributed by atoms with Gasteiger partial charge < -0.3 is 10.2 Å². The van der Waals surface area contributed by atoms with Gasteiger partial charge in [-0.2, -0.15) is 11.8 Å². The van der Waals surface area contributed by atoms with Gasteiger partial charge in [0, 0.05) is 6.54 Å². The summed E-state index contributed by atoms with van der Waals surface area (Å²) in [5.41, 5.74) is -0.250. The van der Waals surface area contributed by atoms with Crippen molar-refractivity contribution in [3.8, 4) is 0 Å². The van der Waals surface area contributed by atoms with Crippen LogP contribution in [0.2, 0.25) is 0 Å². The number of piperazine rings is 1. The molecule has 0 bridgehead atoms. The van der Waals surface area contributed by atoms with Crippen molar-refractivity contribution in [2.75, 3.05) is 18.1 Å². The van der Waals surface area contributed by atoms with Gasteiger partial charge in [0.1, 0.15) is 12.1 Å². The lowest BCUT2D eigenvalue weighted by Crippen LogP contribution is -2.66. The fourth-order valence-corrected chi connectivity index (χ4v) is 3.28. The Balaban J connectivity index is 2.82. The Hall–Kier alpha value is -0.710. The van der Waals surface area contributed by atoms with Crippen molar-refractivity contribution in [3.05, 3.63) is 0 Å². The quantitative estimate of drug-likeness (QED) is 0.735. The lowest BCUT2D eigenvalue weighted by Gasteiger charge is -2.43. The fraction of sp³-hybridized carbons (Fsp3) is 0.875. The molecule has 1 saturated heterocycles. The molecule has 0 aromatic heterocycles. The van der Waals surface area contributed by atoms with Gasteiger partial charge in [-0.25, -0.2) is 0 Å². The van der Waals surface area contributed by atoms with Crippen LogP contribution in [0.25, 0.3) is 0 Å².